The number of rotatable bonds is 2. The fourth-order valence-corrected chi connectivity index (χ4v) is 2.13. The van der Waals surface area contributed by atoms with E-state index >= 15 is 0 Å². The zero-order valence-electron chi connectivity index (χ0n) is 11.1. The lowest BCUT2D eigenvalue weighted by atomic mass is 10.2. The number of nitrogens with zero attached hydrogens (tertiary/aromatic N) is 1. The molecule has 1 aliphatic heterocycles. The molecular weight excluding hydrogens is 279 g/mol. The monoisotopic (exact) mass is 292 g/mol. The first-order chi connectivity index (χ1) is 10.1. The van der Waals surface area contributed by atoms with Gasteiger partial charge in [-0.1, -0.05) is 0 Å². The molecule has 1 saturated heterocycles. The highest BCUT2D eigenvalue weighted by atomic mass is 19.1. The third-order valence-corrected chi connectivity index (χ3v) is 3.21. The summed E-state index contributed by atoms with van der Waals surface area (Å²) in [6.07, 6.45) is 0. The lowest BCUT2D eigenvalue weighted by molar-refractivity contribution is 0.0125. The molecule has 110 valence electrons. The second-order valence-corrected chi connectivity index (χ2v) is 4.67. The molecular formula is C14H13FN2O4. The van der Waals surface area contributed by atoms with Gasteiger partial charge in [-0.15, -0.1) is 0 Å². The number of ether oxygens (including phenoxy) is 1. The Bertz CT molecular complexity index is 737. The fraction of sp³-hybridized carbons (Fsp3) is 0.286. The molecule has 1 N–H and O–H groups in total. The quantitative estimate of drug-likeness (QED) is 0.833. The number of carbonyl (C=O) groups excluding carboxylic acids is 1. The summed E-state index contributed by atoms with van der Waals surface area (Å²) in [6, 6.07) is 5.10. The molecule has 2 aromatic rings. The van der Waals surface area contributed by atoms with Crippen LogP contribution in [0.15, 0.2) is 33.5 Å². The molecule has 3 rings (SSSR count). The van der Waals surface area contributed by atoms with Crippen LogP contribution in [0.4, 0.5) is 4.39 Å². The minimum absolute atomic E-state index is 0.153. The van der Waals surface area contributed by atoms with Crippen molar-refractivity contribution in [3.8, 4) is 0 Å². The van der Waals surface area contributed by atoms with Crippen LogP contribution >= 0.6 is 0 Å². The SMILES string of the molecule is O=C(NN1CCOCC1)c1cc2cc(F)ccc2oc1=O. The minimum atomic E-state index is -0.750. The molecule has 1 fully saturated rings. The third-order valence-electron chi connectivity index (χ3n) is 3.21. The maximum atomic E-state index is 13.2. The highest BCUT2D eigenvalue weighted by Gasteiger charge is 2.18. The van der Waals surface area contributed by atoms with E-state index in [1.807, 2.05) is 0 Å². The Morgan fingerprint density at radius 1 is 1.24 bits per heavy atom. The van der Waals surface area contributed by atoms with Crippen LogP contribution < -0.4 is 11.1 Å². The molecule has 21 heavy (non-hydrogen) atoms. The van der Waals surface area contributed by atoms with Gasteiger partial charge in [-0.3, -0.25) is 10.2 Å². The predicted molar refractivity (Wildman–Crippen MR) is 72.3 cm³/mol. The Kier molecular flexibility index (Phi) is 3.68. The van der Waals surface area contributed by atoms with Crippen LogP contribution in [0.2, 0.25) is 0 Å². The molecule has 0 spiro atoms. The smallest absolute Gasteiger partial charge is 0.349 e. The Balaban J connectivity index is 1.89. The van der Waals surface area contributed by atoms with Crippen LogP contribution in [0.3, 0.4) is 0 Å². The van der Waals surface area contributed by atoms with Gasteiger partial charge in [0.1, 0.15) is 17.0 Å². The van der Waals surface area contributed by atoms with Crippen molar-refractivity contribution in [1.82, 2.24) is 10.4 Å². The molecule has 0 unspecified atom stereocenters. The first kappa shape index (κ1) is 13.7. The minimum Gasteiger partial charge on any atom is -0.422 e. The van der Waals surface area contributed by atoms with Gasteiger partial charge in [-0.2, -0.15) is 0 Å². The summed E-state index contributed by atoms with van der Waals surface area (Å²) in [6.45, 7) is 2.11. The lowest BCUT2D eigenvalue weighted by Crippen LogP contribution is -2.49. The molecule has 0 aliphatic carbocycles. The van der Waals surface area contributed by atoms with Gasteiger partial charge < -0.3 is 9.15 Å². The normalized spacial score (nSPS) is 16.0. The topological polar surface area (TPSA) is 71.8 Å². The zero-order valence-corrected chi connectivity index (χ0v) is 11.1. The summed E-state index contributed by atoms with van der Waals surface area (Å²) in [5.41, 5.74) is 1.95. The number of hydrazine groups is 1. The van der Waals surface area contributed by atoms with E-state index in [1.54, 1.807) is 5.01 Å². The van der Waals surface area contributed by atoms with Crippen molar-refractivity contribution in [2.24, 2.45) is 0 Å². The molecule has 6 nitrogen and oxygen atoms in total. The maximum absolute atomic E-state index is 13.2. The van der Waals surface area contributed by atoms with Crippen molar-refractivity contribution in [2.45, 2.75) is 0 Å². The highest BCUT2D eigenvalue weighted by Crippen LogP contribution is 2.15. The van der Waals surface area contributed by atoms with Crippen molar-refractivity contribution in [2.75, 3.05) is 26.3 Å². The number of hydrogen-bond donors (Lipinski definition) is 1. The van der Waals surface area contributed by atoms with Gasteiger partial charge in [0.2, 0.25) is 0 Å². The van der Waals surface area contributed by atoms with Crippen LogP contribution in [0.5, 0.6) is 0 Å². The van der Waals surface area contributed by atoms with Crippen molar-refractivity contribution in [3.63, 3.8) is 0 Å². The van der Waals surface area contributed by atoms with E-state index in [4.69, 9.17) is 9.15 Å². The Morgan fingerprint density at radius 3 is 2.76 bits per heavy atom. The number of morpholine rings is 1. The Morgan fingerprint density at radius 2 is 2.00 bits per heavy atom. The summed E-state index contributed by atoms with van der Waals surface area (Å²) in [5.74, 6) is -1.03. The van der Waals surface area contributed by atoms with Crippen LogP contribution in [-0.2, 0) is 4.74 Å². The summed E-state index contributed by atoms with van der Waals surface area (Å²) >= 11 is 0. The van der Waals surface area contributed by atoms with E-state index in [-0.39, 0.29) is 11.1 Å². The predicted octanol–water partition coefficient (Wildman–Crippen LogP) is 0.909. The van der Waals surface area contributed by atoms with Crippen molar-refractivity contribution in [1.29, 1.82) is 0 Å². The Hall–Kier alpha value is -2.25. The van der Waals surface area contributed by atoms with Crippen LogP contribution in [0, 0.1) is 5.82 Å². The second-order valence-electron chi connectivity index (χ2n) is 4.67. The van der Waals surface area contributed by atoms with Crippen molar-refractivity contribution >= 4 is 16.9 Å². The van der Waals surface area contributed by atoms with Gasteiger partial charge >= 0.3 is 5.63 Å². The number of amides is 1. The lowest BCUT2D eigenvalue weighted by Gasteiger charge is -2.26. The average molecular weight is 292 g/mol. The summed E-state index contributed by atoms with van der Waals surface area (Å²) < 4.78 is 23.4. The van der Waals surface area contributed by atoms with Gasteiger partial charge in [-0.25, -0.2) is 14.2 Å². The summed E-state index contributed by atoms with van der Waals surface area (Å²) in [4.78, 5) is 24.0. The zero-order chi connectivity index (χ0) is 14.8. The molecule has 0 saturated carbocycles. The van der Waals surface area contributed by atoms with Gasteiger partial charge in [0.05, 0.1) is 13.2 Å². The van der Waals surface area contributed by atoms with Crippen LogP contribution in [0.1, 0.15) is 10.4 Å². The number of fused-ring (bicyclic) bond motifs is 1. The first-order valence-electron chi connectivity index (χ1n) is 6.50. The molecule has 2 heterocycles. The van der Waals surface area contributed by atoms with E-state index in [0.717, 1.165) is 0 Å². The summed E-state index contributed by atoms with van der Waals surface area (Å²) in [5, 5.41) is 2.03. The van der Waals surface area contributed by atoms with Gasteiger partial charge in [0, 0.05) is 18.5 Å². The molecule has 1 aliphatic rings. The summed E-state index contributed by atoms with van der Waals surface area (Å²) in [7, 11) is 0. The molecule has 0 bridgehead atoms. The van der Waals surface area contributed by atoms with E-state index in [1.165, 1.54) is 24.3 Å². The highest BCUT2D eigenvalue weighted by molar-refractivity contribution is 5.96. The van der Waals surface area contributed by atoms with Crippen molar-refractivity contribution < 1.29 is 18.3 Å². The maximum Gasteiger partial charge on any atom is 0.349 e. The Labute approximate surface area is 119 Å². The van der Waals surface area contributed by atoms with E-state index in [2.05, 4.69) is 5.43 Å². The fourth-order valence-electron chi connectivity index (χ4n) is 2.13. The first-order valence-corrected chi connectivity index (χ1v) is 6.50. The molecule has 0 atom stereocenters. The molecule has 1 amide bonds. The van der Waals surface area contributed by atoms with Crippen LogP contribution in [-0.4, -0.2) is 37.2 Å². The van der Waals surface area contributed by atoms with Crippen molar-refractivity contribution in [3.05, 3.63) is 46.1 Å². The largest absolute Gasteiger partial charge is 0.422 e. The number of carbonyl (C=O) groups is 1. The molecule has 1 aromatic carbocycles. The molecule has 0 radical (unpaired) electrons. The number of nitrogens with one attached hydrogen (secondary N) is 1. The van der Waals surface area contributed by atoms with Gasteiger partial charge in [0.25, 0.3) is 5.91 Å². The van der Waals surface area contributed by atoms with E-state index in [9.17, 15) is 14.0 Å². The third kappa shape index (κ3) is 2.93. The number of hydrogen-bond acceptors (Lipinski definition) is 5. The molecule has 7 heteroatoms. The van der Waals surface area contributed by atoms with E-state index < -0.39 is 17.3 Å². The van der Waals surface area contributed by atoms with Crippen LogP contribution in [0.25, 0.3) is 11.0 Å². The second kappa shape index (κ2) is 5.63. The van der Waals surface area contributed by atoms with E-state index in [0.29, 0.717) is 31.7 Å². The van der Waals surface area contributed by atoms with Gasteiger partial charge in [0.15, 0.2) is 0 Å². The number of halogens is 1. The average Bonchev–Trinajstić information content (AvgIpc) is 2.48. The molecule has 1 aromatic heterocycles. The standard InChI is InChI=1S/C14H13FN2O4/c15-10-1-2-12-9(7-10)8-11(14(19)21-12)13(18)16-17-3-5-20-6-4-17/h1-2,7-8H,3-6H2,(H,16,18). The van der Waals surface area contributed by atoms with Gasteiger partial charge in [-0.05, 0) is 24.3 Å². The number of benzene rings is 1.